The van der Waals surface area contributed by atoms with Gasteiger partial charge in [0.05, 0.1) is 11.8 Å². The topological polar surface area (TPSA) is 70.7 Å². The molecule has 0 aliphatic rings. The van der Waals surface area contributed by atoms with Crippen LogP contribution in [0, 0.1) is 0 Å². The number of hydrogen-bond acceptors (Lipinski definition) is 4. The number of rotatable bonds is 1. The van der Waals surface area contributed by atoms with E-state index in [2.05, 4.69) is 10.1 Å². The van der Waals surface area contributed by atoms with Crippen LogP contribution in [0.1, 0.15) is 19.4 Å². The van der Waals surface area contributed by atoms with Gasteiger partial charge in [0.1, 0.15) is 6.23 Å². The van der Waals surface area contributed by atoms with E-state index < -0.39 is 23.9 Å². The molecule has 106 valence electrons. The van der Waals surface area contributed by atoms with Gasteiger partial charge in [-0.3, -0.25) is 9.69 Å². The number of hydrogen-bond donors (Lipinski definition) is 1. The molecule has 0 spiro atoms. The number of halogens is 3. The van der Waals surface area contributed by atoms with Gasteiger partial charge in [-0.2, -0.15) is 18.3 Å². The van der Waals surface area contributed by atoms with Crippen molar-refractivity contribution in [3.8, 4) is 0 Å². The second kappa shape index (κ2) is 5.39. The third-order valence-corrected chi connectivity index (χ3v) is 2.19. The molecular formula is C10H13F3N4O2. The first kappa shape index (κ1) is 15.2. The lowest BCUT2D eigenvalue weighted by Crippen LogP contribution is -2.37. The molecule has 19 heavy (non-hydrogen) atoms. The van der Waals surface area contributed by atoms with Crippen molar-refractivity contribution < 1.29 is 23.1 Å². The molecule has 1 heterocycles. The standard InChI is InChI=1S/C10H13F3N4O2/c1-6(18)15-9(16(3)7(2)19)17-5-8(4-14-17)10(11,12)13/h4-6,18H,1-3H3/b15-9+. The molecule has 0 bridgehead atoms. The summed E-state index contributed by atoms with van der Waals surface area (Å²) in [5.74, 6) is -0.651. The minimum absolute atomic E-state index is 0.196. The zero-order valence-electron chi connectivity index (χ0n) is 10.5. The normalized spacial score (nSPS) is 14.4. The Balaban J connectivity index is 3.20. The van der Waals surface area contributed by atoms with Crippen molar-refractivity contribution in [2.45, 2.75) is 26.3 Å². The Labute approximate surface area is 107 Å². The second-order valence-electron chi connectivity index (χ2n) is 3.81. The summed E-state index contributed by atoms with van der Waals surface area (Å²) in [6, 6.07) is 0. The van der Waals surface area contributed by atoms with Gasteiger partial charge in [-0.05, 0) is 6.92 Å². The monoisotopic (exact) mass is 278 g/mol. The van der Waals surface area contributed by atoms with E-state index in [1.165, 1.54) is 20.9 Å². The molecule has 1 unspecified atom stereocenters. The van der Waals surface area contributed by atoms with E-state index in [1.807, 2.05) is 0 Å². The van der Waals surface area contributed by atoms with Crippen LogP contribution in [-0.2, 0) is 11.0 Å². The molecule has 0 radical (unpaired) electrons. The van der Waals surface area contributed by atoms with E-state index in [1.54, 1.807) is 0 Å². The van der Waals surface area contributed by atoms with Crippen LogP contribution in [0.15, 0.2) is 17.4 Å². The lowest BCUT2D eigenvalue weighted by Gasteiger charge is -2.18. The van der Waals surface area contributed by atoms with Crippen LogP contribution in [0.25, 0.3) is 0 Å². The largest absolute Gasteiger partial charge is 0.419 e. The Morgan fingerprint density at radius 2 is 2.16 bits per heavy atom. The maximum Gasteiger partial charge on any atom is 0.419 e. The summed E-state index contributed by atoms with van der Waals surface area (Å²) in [6.07, 6.45) is -4.41. The number of aliphatic hydroxyl groups is 1. The van der Waals surface area contributed by atoms with E-state index in [0.717, 1.165) is 9.58 Å². The Morgan fingerprint density at radius 3 is 2.53 bits per heavy atom. The third-order valence-electron chi connectivity index (χ3n) is 2.19. The van der Waals surface area contributed by atoms with Gasteiger partial charge >= 0.3 is 6.18 Å². The molecule has 0 aliphatic heterocycles. The Bertz CT molecular complexity index is 493. The van der Waals surface area contributed by atoms with Gasteiger partial charge < -0.3 is 5.11 Å². The first-order valence-electron chi connectivity index (χ1n) is 5.25. The van der Waals surface area contributed by atoms with Gasteiger partial charge in [-0.25, -0.2) is 9.67 Å². The Morgan fingerprint density at radius 1 is 1.58 bits per heavy atom. The Kier molecular flexibility index (Phi) is 4.30. The maximum absolute atomic E-state index is 12.5. The summed E-state index contributed by atoms with van der Waals surface area (Å²) in [7, 11) is 1.32. The fourth-order valence-electron chi connectivity index (χ4n) is 1.19. The number of aliphatic hydroxyl groups excluding tert-OH is 1. The van der Waals surface area contributed by atoms with Crippen LogP contribution in [0.2, 0.25) is 0 Å². The van der Waals surface area contributed by atoms with Crippen molar-refractivity contribution in [2.24, 2.45) is 4.99 Å². The van der Waals surface area contributed by atoms with E-state index in [0.29, 0.717) is 12.4 Å². The van der Waals surface area contributed by atoms with Gasteiger partial charge in [0.15, 0.2) is 0 Å². The van der Waals surface area contributed by atoms with Crippen molar-refractivity contribution in [3.63, 3.8) is 0 Å². The van der Waals surface area contributed by atoms with Crippen molar-refractivity contribution in [2.75, 3.05) is 7.05 Å². The van der Waals surface area contributed by atoms with Crippen LogP contribution in [0.3, 0.4) is 0 Å². The molecule has 6 nitrogen and oxygen atoms in total. The van der Waals surface area contributed by atoms with E-state index in [-0.39, 0.29) is 5.96 Å². The number of alkyl halides is 3. The van der Waals surface area contributed by atoms with Crippen LogP contribution in [0.4, 0.5) is 13.2 Å². The van der Waals surface area contributed by atoms with Crippen molar-refractivity contribution in [3.05, 3.63) is 18.0 Å². The third kappa shape index (κ3) is 3.78. The highest BCUT2D eigenvalue weighted by atomic mass is 19.4. The molecule has 0 aliphatic carbocycles. The lowest BCUT2D eigenvalue weighted by atomic mass is 10.4. The SMILES string of the molecule is CC(=O)N(C)/C(=N\C(C)O)n1cc(C(F)(F)F)cn1. The highest BCUT2D eigenvalue weighted by Gasteiger charge is 2.33. The number of nitrogens with zero attached hydrogens (tertiary/aromatic N) is 4. The smallest absolute Gasteiger partial charge is 0.372 e. The van der Waals surface area contributed by atoms with Crippen molar-refractivity contribution in [1.82, 2.24) is 14.7 Å². The molecule has 0 saturated carbocycles. The molecule has 1 rings (SSSR count). The van der Waals surface area contributed by atoms with E-state index in [4.69, 9.17) is 0 Å². The van der Waals surface area contributed by atoms with Crippen LogP contribution >= 0.6 is 0 Å². The van der Waals surface area contributed by atoms with Gasteiger partial charge in [0, 0.05) is 20.2 Å². The predicted octanol–water partition coefficient (Wildman–Crippen LogP) is 0.923. The lowest BCUT2D eigenvalue weighted by molar-refractivity contribution is -0.137. The second-order valence-corrected chi connectivity index (χ2v) is 3.81. The summed E-state index contributed by atoms with van der Waals surface area (Å²) in [5, 5.41) is 12.7. The number of carbonyl (C=O) groups excluding carboxylic acids is 1. The summed E-state index contributed by atoms with van der Waals surface area (Å²) < 4.78 is 38.2. The first-order chi connectivity index (χ1) is 8.62. The van der Waals surface area contributed by atoms with Gasteiger partial charge in [0.2, 0.25) is 11.9 Å². The fourth-order valence-corrected chi connectivity index (χ4v) is 1.19. The number of amides is 1. The summed E-state index contributed by atoms with van der Waals surface area (Å²) >= 11 is 0. The quantitative estimate of drug-likeness (QED) is 0.613. The number of aromatic nitrogens is 2. The molecule has 0 aromatic carbocycles. The number of aliphatic imine (C=N–C) groups is 1. The highest BCUT2D eigenvalue weighted by molar-refractivity contribution is 5.96. The molecular weight excluding hydrogens is 265 g/mol. The summed E-state index contributed by atoms with van der Waals surface area (Å²) in [4.78, 5) is 15.9. The summed E-state index contributed by atoms with van der Waals surface area (Å²) in [5.41, 5.74) is -0.970. The Hall–Kier alpha value is -1.90. The summed E-state index contributed by atoms with van der Waals surface area (Å²) in [6.45, 7) is 2.52. The average Bonchev–Trinajstić information content (AvgIpc) is 2.73. The fraction of sp³-hybridized carbons (Fsp3) is 0.500. The highest BCUT2D eigenvalue weighted by Crippen LogP contribution is 2.28. The minimum atomic E-state index is -4.54. The van der Waals surface area contributed by atoms with Gasteiger partial charge in [-0.1, -0.05) is 0 Å². The molecule has 9 heteroatoms. The maximum atomic E-state index is 12.5. The predicted molar refractivity (Wildman–Crippen MR) is 60.2 cm³/mol. The molecule has 1 aromatic rings. The average molecular weight is 278 g/mol. The zero-order valence-corrected chi connectivity index (χ0v) is 10.5. The van der Waals surface area contributed by atoms with E-state index >= 15 is 0 Å². The van der Waals surface area contributed by atoms with Gasteiger partial charge in [0.25, 0.3) is 0 Å². The van der Waals surface area contributed by atoms with Gasteiger partial charge in [-0.15, -0.1) is 0 Å². The molecule has 0 saturated heterocycles. The molecule has 0 fully saturated rings. The molecule has 1 atom stereocenters. The van der Waals surface area contributed by atoms with Crippen molar-refractivity contribution in [1.29, 1.82) is 0 Å². The minimum Gasteiger partial charge on any atom is -0.372 e. The zero-order chi connectivity index (χ0) is 14.8. The van der Waals surface area contributed by atoms with Crippen LogP contribution in [0.5, 0.6) is 0 Å². The van der Waals surface area contributed by atoms with Crippen molar-refractivity contribution >= 4 is 11.9 Å². The first-order valence-corrected chi connectivity index (χ1v) is 5.25. The molecule has 1 aromatic heterocycles. The molecule has 1 amide bonds. The van der Waals surface area contributed by atoms with E-state index in [9.17, 15) is 23.1 Å². The van der Waals surface area contributed by atoms with Crippen LogP contribution in [-0.4, -0.2) is 44.9 Å². The number of carbonyl (C=O) groups is 1. The van der Waals surface area contributed by atoms with Crippen LogP contribution < -0.4 is 0 Å². The molecule has 1 N–H and O–H groups in total.